The Balaban J connectivity index is 1.38. The highest BCUT2D eigenvalue weighted by molar-refractivity contribution is 9.10. The zero-order valence-corrected chi connectivity index (χ0v) is 21.0. The number of carbonyl (C=O) groups is 2. The van der Waals surface area contributed by atoms with E-state index in [0.717, 1.165) is 40.4 Å². The number of hydrogen-bond acceptors (Lipinski definition) is 4. The fourth-order valence-corrected chi connectivity index (χ4v) is 3.95. The van der Waals surface area contributed by atoms with Gasteiger partial charge < -0.3 is 14.8 Å². The zero-order chi connectivity index (χ0) is 24.2. The van der Waals surface area contributed by atoms with E-state index >= 15 is 0 Å². The second-order valence-corrected chi connectivity index (χ2v) is 8.84. The number of esters is 1. The number of ether oxygens (including phenoxy) is 2. The molecule has 0 saturated heterocycles. The van der Waals surface area contributed by atoms with E-state index in [9.17, 15) is 9.59 Å². The van der Waals surface area contributed by atoms with Crippen LogP contribution in [-0.4, -0.2) is 25.1 Å². The van der Waals surface area contributed by atoms with Crippen LogP contribution >= 0.6 is 15.9 Å². The van der Waals surface area contributed by atoms with Crippen molar-refractivity contribution in [2.75, 3.05) is 13.2 Å². The molecule has 0 saturated carbocycles. The van der Waals surface area contributed by atoms with E-state index in [1.165, 1.54) is 5.56 Å². The SMILES string of the molecule is CCOC(=O)COc1ccc(-c2ccc(CNC(=O)CCCCc3cccc(Br)c3)cc2)cc1. The summed E-state index contributed by atoms with van der Waals surface area (Å²) in [4.78, 5) is 23.6. The average Bonchev–Trinajstić information content (AvgIpc) is 2.85. The van der Waals surface area contributed by atoms with E-state index in [-0.39, 0.29) is 18.5 Å². The van der Waals surface area contributed by atoms with Crippen LogP contribution < -0.4 is 10.1 Å². The molecule has 3 aromatic rings. The minimum Gasteiger partial charge on any atom is -0.482 e. The Morgan fingerprint density at radius 3 is 2.26 bits per heavy atom. The minimum absolute atomic E-state index is 0.0803. The summed E-state index contributed by atoms with van der Waals surface area (Å²) in [6.07, 6.45) is 3.38. The lowest BCUT2D eigenvalue weighted by Crippen LogP contribution is -2.22. The van der Waals surface area contributed by atoms with Gasteiger partial charge in [0, 0.05) is 17.4 Å². The molecule has 0 aromatic heterocycles. The van der Waals surface area contributed by atoms with E-state index in [1.54, 1.807) is 6.92 Å². The van der Waals surface area contributed by atoms with Gasteiger partial charge in [-0.1, -0.05) is 64.5 Å². The predicted molar refractivity (Wildman–Crippen MR) is 138 cm³/mol. The number of unbranched alkanes of at least 4 members (excludes halogenated alkanes) is 1. The van der Waals surface area contributed by atoms with E-state index in [0.29, 0.717) is 25.3 Å². The Morgan fingerprint density at radius 2 is 1.59 bits per heavy atom. The number of aryl methyl sites for hydroxylation is 1. The van der Waals surface area contributed by atoms with Crippen molar-refractivity contribution in [1.82, 2.24) is 5.32 Å². The molecule has 0 heterocycles. The van der Waals surface area contributed by atoms with Crippen molar-refractivity contribution in [2.24, 2.45) is 0 Å². The third-order valence-corrected chi connectivity index (χ3v) is 5.79. The zero-order valence-electron chi connectivity index (χ0n) is 19.4. The molecule has 0 atom stereocenters. The van der Waals surface area contributed by atoms with Crippen LogP contribution in [0, 0.1) is 0 Å². The summed E-state index contributed by atoms with van der Waals surface area (Å²) >= 11 is 3.49. The molecule has 1 N–H and O–H groups in total. The lowest BCUT2D eigenvalue weighted by molar-refractivity contribution is -0.145. The molecule has 3 aromatic carbocycles. The Bertz CT molecular complexity index is 1060. The van der Waals surface area contributed by atoms with Gasteiger partial charge in [0.05, 0.1) is 6.61 Å². The summed E-state index contributed by atoms with van der Waals surface area (Å²) in [6, 6.07) is 24.0. The average molecular weight is 524 g/mol. The molecule has 6 heteroatoms. The quantitative estimate of drug-likeness (QED) is 0.230. The van der Waals surface area contributed by atoms with Crippen LogP contribution in [-0.2, 0) is 27.3 Å². The van der Waals surface area contributed by atoms with Gasteiger partial charge in [0.15, 0.2) is 6.61 Å². The number of rotatable bonds is 12. The van der Waals surface area contributed by atoms with E-state index in [2.05, 4.69) is 33.4 Å². The smallest absolute Gasteiger partial charge is 0.344 e. The van der Waals surface area contributed by atoms with Gasteiger partial charge in [-0.2, -0.15) is 0 Å². The molecule has 0 aliphatic rings. The number of nitrogens with one attached hydrogen (secondary N) is 1. The summed E-state index contributed by atoms with van der Waals surface area (Å²) in [5, 5.41) is 3.00. The largest absolute Gasteiger partial charge is 0.482 e. The number of carbonyl (C=O) groups excluding carboxylic acids is 2. The van der Waals surface area contributed by atoms with E-state index in [4.69, 9.17) is 9.47 Å². The molecule has 0 aliphatic carbocycles. The molecular formula is C28H30BrNO4. The topological polar surface area (TPSA) is 64.6 Å². The third-order valence-electron chi connectivity index (χ3n) is 5.30. The van der Waals surface area contributed by atoms with Crippen molar-refractivity contribution < 1.29 is 19.1 Å². The first-order valence-corrected chi connectivity index (χ1v) is 12.3. The predicted octanol–water partition coefficient (Wildman–Crippen LogP) is 6.09. The van der Waals surface area contributed by atoms with Crippen LogP contribution in [0.15, 0.2) is 77.3 Å². The van der Waals surface area contributed by atoms with Gasteiger partial charge in [0.1, 0.15) is 5.75 Å². The monoisotopic (exact) mass is 523 g/mol. The van der Waals surface area contributed by atoms with Gasteiger partial charge in [-0.15, -0.1) is 0 Å². The maximum absolute atomic E-state index is 12.2. The van der Waals surface area contributed by atoms with Crippen LogP contribution in [0.25, 0.3) is 11.1 Å². The first kappa shape index (κ1) is 25.5. The fourth-order valence-electron chi connectivity index (χ4n) is 3.50. The van der Waals surface area contributed by atoms with E-state index in [1.807, 2.05) is 60.7 Å². The van der Waals surface area contributed by atoms with Crippen molar-refractivity contribution in [2.45, 2.75) is 39.2 Å². The maximum Gasteiger partial charge on any atom is 0.344 e. The molecule has 3 rings (SSSR count). The van der Waals surface area contributed by atoms with Gasteiger partial charge in [0.2, 0.25) is 5.91 Å². The van der Waals surface area contributed by atoms with Gasteiger partial charge in [0.25, 0.3) is 0 Å². The Hall–Kier alpha value is -3.12. The fraction of sp³-hybridized carbons (Fsp3) is 0.286. The van der Waals surface area contributed by atoms with Gasteiger partial charge in [-0.25, -0.2) is 4.79 Å². The Labute approximate surface area is 209 Å². The molecule has 0 bridgehead atoms. The normalized spacial score (nSPS) is 10.5. The highest BCUT2D eigenvalue weighted by Gasteiger charge is 2.05. The molecule has 0 radical (unpaired) electrons. The summed E-state index contributed by atoms with van der Waals surface area (Å²) in [6.45, 7) is 2.53. The van der Waals surface area contributed by atoms with Crippen molar-refractivity contribution >= 4 is 27.8 Å². The van der Waals surface area contributed by atoms with Gasteiger partial charge >= 0.3 is 5.97 Å². The summed E-state index contributed by atoms with van der Waals surface area (Å²) < 4.78 is 11.4. The number of amides is 1. The molecule has 0 spiro atoms. The van der Waals surface area contributed by atoms with Crippen LogP contribution in [0.4, 0.5) is 0 Å². The number of hydrogen-bond donors (Lipinski definition) is 1. The first-order valence-electron chi connectivity index (χ1n) is 11.5. The van der Waals surface area contributed by atoms with Crippen molar-refractivity contribution in [3.63, 3.8) is 0 Å². The lowest BCUT2D eigenvalue weighted by atomic mass is 10.0. The van der Waals surface area contributed by atoms with Crippen molar-refractivity contribution in [3.05, 3.63) is 88.4 Å². The van der Waals surface area contributed by atoms with Crippen LogP contribution in [0.1, 0.15) is 37.3 Å². The summed E-state index contributed by atoms with van der Waals surface area (Å²) in [5.74, 6) is 0.319. The third kappa shape index (κ3) is 8.67. The Kier molecular flexibility index (Phi) is 10.2. The van der Waals surface area contributed by atoms with Crippen LogP contribution in [0.5, 0.6) is 5.75 Å². The van der Waals surface area contributed by atoms with Gasteiger partial charge in [-0.3, -0.25) is 4.79 Å². The standard InChI is InChI=1S/C28H30BrNO4/c1-2-33-28(32)20-34-26-16-14-24(15-17-26)23-12-10-22(11-13-23)19-30-27(31)9-4-3-6-21-7-5-8-25(29)18-21/h5,7-8,10-18H,2-4,6,9,19-20H2,1H3,(H,30,31). The number of halogens is 1. The minimum atomic E-state index is -0.380. The molecule has 0 unspecified atom stereocenters. The molecule has 1 amide bonds. The first-order chi connectivity index (χ1) is 16.5. The van der Waals surface area contributed by atoms with Crippen molar-refractivity contribution in [3.8, 4) is 16.9 Å². The lowest BCUT2D eigenvalue weighted by Gasteiger charge is -2.09. The summed E-state index contributed by atoms with van der Waals surface area (Å²) in [5.41, 5.74) is 4.46. The molecular weight excluding hydrogens is 494 g/mol. The van der Waals surface area contributed by atoms with Crippen molar-refractivity contribution in [1.29, 1.82) is 0 Å². The van der Waals surface area contributed by atoms with Gasteiger partial charge in [-0.05, 0) is 72.7 Å². The molecule has 5 nitrogen and oxygen atoms in total. The summed E-state index contributed by atoms with van der Waals surface area (Å²) in [7, 11) is 0. The van der Waals surface area contributed by atoms with Crippen LogP contribution in [0.2, 0.25) is 0 Å². The number of benzene rings is 3. The second-order valence-electron chi connectivity index (χ2n) is 7.93. The molecule has 0 fully saturated rings. The highest BCUT2D eigenvalue weighted by Crippen LogP contribution is 2.23. The molecule has 34 heavy (non-hydrogen) atoms. The molecule has 0 aliphatic heterocycles. The van der Waals surface area contributed by atoms with Crippen LogP contribution in [0.3, 0.4) is 0 Å². The molecule has 178 valence electrons. The van der Waals surface area contributed by atoms with E-state index < -0.39 is 0 Å². The Morgan fingerprint density at radius 1 is 0.882 bits per heavy atom. The second kappa shape index (κ2) is 13.6. The maximum atomic E-state index is 12.2. The highest BCUT2D eigenvalue weighted by atomic mass is 79.9.